The number of Topliss-reactive ketones (excluding diaryl/α,β-unsaturated/α-hetero) is 1. The van der Waals surface area contributed by atoms with Gasteiger partial charge in [-0.2, -0.15) is 0 Å². The van der Waals surface area contributed by atoms with E-state index in [-0.39, 0.29) is 11.8 Å². The molecule has 0 amide bonds. The van der Waals surface area contributed by atoms with Crippen LogP contribution in [0.2, 0.25) is 0 Å². The minimum absolute atomic E-state index is 0.201. The van der Waals surface area contributed by atoms with Crippen molar-refractivity contribution < 1.29 is 19.1 Å². The summed E-state index contributed by atoms with van der Waals surface area (Å²) in [4.78, 5) is 22.6. The van der Waals surface area contributed by atoms with E-state index in [4.69, 9.17) is 9.47 Å². The molecule has 0 radical (unpaired) electrons. The molecular formula is C22H24O4. The van der Waals surface area contributed by atoms with E-state index >= 15 is 0 Å². The van der Waals surface area contributed by atoms with Crippen LogP contribution in [-0.4, -0.2) is 24.0 Å². The Morgan fingerprint density at radius 2 is 1.85 bits per heavy atom. The summed E-state index contributed by atoms with van der Waals surface area (Å²) in [6.07, 6.45) is 7.43. The third-order valence-electron chi connectivity index (χ3n) is 3.99. The number of hydrogen-bond acceptors (Lipinski definition) is 4. The lowest BCUT2D eigenvalue weighted by Gasteiger charge is -2.24. The molecule has 0 atom stereocenters. The van der Waals surface area contributed by atoms with Gasteiger partial charge in [-0.1, -0.05) is 36.9 Å². The molecule has 0 unspecified atom stereocenters. The first-order valence-electron chi connectivity index (χ1n) is 8.52. The monoisotopic (exact) mass is 352 g/mol. The molecule has 0 aromatic heterocycles. The van der Waals surface area contributed by atoms with Gasteiger partial charge in [0.1, 0.15) is 5.75 Å². The summed E-state index contributed by atoms with van der Waals surface area (Å²) >= 11 is 0. The Morgan fingerprint density at radius 3 is 2.23 bits per heavy atom. The molecule has 1 aromatic carbocycles. The van der Waals surface area contributed by atoms with Crippen molar-refractivity contribution in [3.8, 4) is 5.75 Å². The number of ketones is 1. The Balaban J connectivity index is 0.000000223. The average Bonchev–Trinajstić information content (AvgIpc) is 3.09. The molecule has 4 nitrogen and oxygen atoms in total. The van der Waals surface area contributed by atoms with E-state index in [9.17, 15) is 9.59 Å². The van der Waals surface area contributed by atoms with Crippen LogP contribution in [0.3, 0.4) is 0 Å². The Bertz CT molecular complexity index is 805. The quantitative estimate of drug-likeness (QED) is 0.736. The first-order valence-corrected chi connectivity index (χ1v) is 8.52. The van der Waals surface area contributed by atoms with Crippen LogP contribution in [0, 0.1) is 0 Å². The number of carbonyl (C=O) groups is 2. The second kappa shape index (κ2) is 8.00. The molecule has 2 aliphatic carbocycles. The van der Waals surface area contributed by atoms with Crippen LogP contribution in [0.5, 0.6) is 5.75 Å². The van der Waals surface area contributed by atoms with Crippen LogP contribution in [0.15, 0.2) is 65.8 Å². The summed E-state index contributed by atoms with van der Waals surface area (Å²) in [6, 6.07) is 7.36. The third kappa shape index (κ3) is 4.39. The van der Waals surface area contributed by atoms with Gasteiger partial charge in [0.05, 0.1) is 6.61 Å². The SMILES string of the molecule is C=Cc1ccc(OC(C)(C)C(=O)OCC)cc1.CC1=C2C=CC(=C1)C2=O. The number of ether oxygens (including phenoxy) is 2. The van der Waals surface area contributed by atoms with Gasteiger partial charge >= 0.3 is 5.97 Å². The molecule has 0 heterocycles. The predicted molar refractivity (Wildman–Crippen MR) is 103 cm³/mol. The van der Waals surface area contributed by atoms with Crippen molar-refractivity contribution in [3.05, 3.63) is 71.4 Å². The molecule has 26 heavy (non-hydrogen) atoms. The maximum atomic E-state index is 11.6. The van der Waals surface area contributed by atoms with Crippen LogP contribution >= 0.6 is 0 Å². The van der Waals surface area contributed by atoms with E-state index in [1.165, 1.54) is 0 Å². The van der Waals surface area contributed by atoms with Crippen LogP contribution in [-0.2, 0) is 14.3 Å². The van der Waals surface area contributed by atoms with Crippen molar-refractivity contribution in [2.45, 2.75) is 33.3 Å². The van der Waals surface area contributed by atoms with Crippen LogP contribution < -0.4 is 4.74 Å². The zero-order chi connectivity index (χ0) is 19.3. The molecule has 0 aliphatic heterocycles. The number of esters is 1. The summed E-state index contributed by atoms with van der Waals surface area (Å²) < 4.78 is 10.6. The number of rotatable bonds is 5. The maximum Gasteiger partial charge on any atom is 0.349 e. The van der Waals surface area contributed by atoms with Crippen LogP contribution in [0.1, 0.15) is 33.3 Å². The fourth-order valence-corrected chi connectivity index (χ4v) is 2.53. The zero-order valence-corrected chi connectivity index (χ0v) is 15.7. The normalized spacial score (nSPS) is 14.6. The number of benzene rings is 1. The minimum Gasteiger partial charge on any atom is -0.476 e. The molecule has 1 aromatic rings. The Labute approximate surface area is 154 Å². The predicted octanol–water partition coefficient (Wildman–Crippen LogP) is 4.43. The van der Waals surface area contributed by atoms with Crippen molar-refractivity contribution in [1.29, 1.82) is 0 Å². The van der Waals surface area contributed by atoms with Gasteiger partial charge in [-0.05, 0) is 57.0 Å². The van der Waals surface area contributed by atoms with Crippen LogP contribution in [0.25, 0.3) is 6.08 Å². The zero-order valence-electron chi connectivity index (χ0n) is 15.7. The lowest BCUT2D eigenvalue weighted by atomic mass is 10.1. The van der Waals surface area contributed by atoms with Gasteiger partial charge in [0.15, 0.2) is 11.4 Å². The molecule has 0 saturated carbocycles. The van der Waals surface area contributed by atoms with E-state index in [0.29, 0.717) is 12.4 Å². The first kappa shape index (κ1) is 19.4. The number of fused-ring (bicyclic) bond motifs is 2. The summed E-state index contributed by atoms with van der Waals surface area (Å²) in [5.74, 6) is 0.467. The summed E-state index contributed by atoms with van der Waals surface area (Å²) in [5.41, 5.74) is 2.86. The van der Waals surface area contributed by atoms with Gasteiger partial charge in [-0.3, -0.25) is 4.79 Å². The second-order valence-electron chi connectivity index (χ2n) is 6.46. The second-order valence-corrected chi connectivity index (χ2v) is 6.46. The molecule has 0 saturated heterocycles. The Morgan fingerprint density at radius 1 is 1.19 bits per heavy atom. The average molecular weight is 352 g/mol. The number of carbonyl (C=O) groups excluding carboxylic acids is 2. The smallest absolute Gasteiger partial charge is 0.349 e. The van der Waals surface area contributed by atoms with E-state index in [0.717, 1.165) is 22.3 Å². The fourth-order valence-electron chi connectivity index (χ4n) is 2.53. The lowest BCUT2D eigenvalue weighted by molar-refractivity contribution is -0.158. The highest BCUT2D eigenvalue weighted by Gasteiger charge is 2.31. The van der Waals surface area contributed by atoms with Gasteiger partial charge in [0.2, 0.25) is 0 Å². The van der Waals surface area contributed by atoms with Crippen molar-refractivity contribution in [2.75, 3.05) is 6.61 Å². The summed E-state index contributed by atoms with van der Waals surface area (Å²) in [7, 11) is 0. The standard InChI is InChI=1S/C14H18O3.C8H6O/c1-5-11-7-9-12(10-8-11)17-14(3,4)13(15)16-6-2;1-5-4-6-2-3-7(5)8(6)9/h5,7-10H,1,6H2,2-4H3;2-4H,1H3. The lowest BCUT2D eigenvalue weighted by Crippen LogP contribution is -2.39. The highest BCUT2D eigenvalue weighted by molar-refractivity contribution is 6.18. The number of hydrogen-bond donors (Lipinski definition) is 0. The highest BCUT2D eigenvalue weighted by atomic mass is 16.6. The van der Waals surface area contributed by atoms with E-state index in [1.54, 1.807) is 39.0 Å². The minimum atomic E-state index is -0.980. The van der Waals surface area contributed by atoms with Gasteiger partial charge in [-0.25, -0.2) is 4.79 Å². The third-order valence-corrected chi connectivity index (χ3v) is 3.99. The maximum absolute atomic E-state index is 11.6. The van der Waals surface area contributed by atoms with Crippen molar-refractivity contribution in [1.82, 2.24) is 0 Å². The Kier molecular flexibility index (Phi) is 5.98. The van der Waals surface area contributed by atoms with Crippen LogP contribution in [0.4, 0.5) is 0 Å². The van der Waals surface area contributed by atoms with E-state index in [2.05, 4.69) is 6.58 Å². The molecule has 3 rings (SSSR count). The first-order chi connectivity index (χ1) is 12.3. The molecule has 136 valence electrons. The molecule has 0 N–H and O–H groups in total. The molecule has 4 heteroatoms. The molecule has 0 spiro atoms. The Hall–Kier alpha value is -2.88. The topological polar surface area (TPSA) is 52.6 Å². The molecule has 0 fully saturated rings. The summed E-state index contributed by atoms with van der Waals surface area (Å²) in [6.45, 7) is 11.1. The molecule has 2 aliphatic rings. The van der Waals surface area contributed by atoms with Crippen molar-refractivity contribution >= 4 is 17.8 Å². The van der Waals surface area contributed by atoms with Gasteiger partial charge in [-0.15, -0.1) is 0 Å². The van der Waals surface area contributed by atoms with Gasteiger partial charge in [0, 0.05) is 11.1 Å². The highest BCUT2D eigenvalue weighted by Crippen LogP contribution is 2.29. The summed E-state index contributed by atoms with van der Waals surface area (Å²) in [5, 5.41) is 0. The van der Waals surface area contributed by atoms with Gasteiger partial charge < -0.3 is 9.47 Å². The van der Waals surface area contributed by atoms with Gasteiger partial charge in [0.25, 0.3) is 0 Å². The van der Waals surface area contributed by atoms with Crippen molar-refractivity contribution in [3.63, 3.8) is 0 Å². The molecule has 2 bridgehead atoms. The molecular weight excluding hydrogens is 328 g/mol. The van der Waals surface area contributed by atoms with Crippen molar-refractivity contribution in [2.24, 2.45) is 0 Å². The van der Waals surface area contributed by atoms with E-state index < -0.39 is 5.60 Å². The number of allylic oxidation sites excluding steroid dienone is 6. The largest absolute Gasteiger partial charge is 0.476 e. The van der Waals surface area contributed by atoms with E-state index in [1.807, 2.05) is 37.3 Å². The fraction of sp³-hybridized carbons (Fsp3) is 0.273.